The molecule has 0 aliphatic carbocycles. The van der Waals surface area contributed by atoms with E-state index in [2.05, 4.69) is 15.0 Å². The zero-order chi connectivity index (χ0) is 11.4. The van der Waals surface area contributed by atoms with Crippen LogP contribution in [0.2, 0.25) is 0 Å². The highest BCUT2D eigenvalue weighted by molar-refractivity contribution is 5.88. The first-order valence-corrected chi connectivity index (χ1v) is 4.67. The fraction of sp³-hybridized carbons (Fsp3) is 0.200. The minimum Gasteiger partial charge on any atom is -0.478 e. The normalized spacial score (nSPS) is 10.5. The van der Waals surface area contributed by atoms with Gasteiger partial charge in [-0.25, -0.2) is 4.79 Å². The summed E-state index contributed by atoms with van der Waals surface area (Å²) in [6, 6.07) is 3.16. The third-order valence-electron chi connectivity index (χ3n) is 2.06. The third-order valence-corrected chi connectivity index (χ3v) is 2.06. The molecule has 0 radical (unpaired) electrons. The molecule has 0 saturated carbocycles. The zero-order valence-corrected chi connectivity index (χ0v) is 8.34. The summed E-state index contributed by atoms with van der Waals surface area (Å²) in [5, 5.41) is 15.5. The molecule has 16 heavy (non-hydrogen) atoms. The predicted molar refractivity (Wildman–Crippen MR) is 52.7 cm³/mol. The van der Waals surface area contributed by atoms with Gasteiger partial charge in [-0.15, -0.1) is 0 Å². The van der Waals surface area contributed by atoms with E-state index in [9.17, 15) is 4.79 Å². The van der Waals surface area contributed by atoms with Crippen LogP contribution in [-0.2, 0) is 13.1 Å². The maximum Gasteiger partial charge on any atom is 0.339 e. The van der Waals surface area contributed by atoms with Gasteiger partial charge >= 0.3 is 5.97 Å². The number of rotatable bonds is 5. The van der Waals surface area contributed by atoms with Crippen molar-refractivity contribution in [1.82, 2.24) is 10.5 Å². The summed E-state index contributed by atoms with van der Waals surface area (Å²) in [6.07, 6.45) is 2.84. The zero-order valence-electron chi connectivity index (χ0n) is 8.34. The molecule has 6 heteroatoms. The van der Waals surface area contributed by atoms with Gasteiger partial charge in [0.05, 0.1) is 18.5 Å². The smallest absolute Gasteiger partial charge is 0.339 e. The first kappa shape index (κ1) is 10.4. The van der Waals surface area contributed by atoms with Gasteiger partial charge in [0.15, 0.2) is 0 Å². The van der Waals surface area contributed by atoms with Crippen molar-refractivity contribution in [3.8, 4) is 0 Å². The fourth-order valence-corrected chi connectivity index (χ4v) is 1.30. The highest BCUT2D eigenvalue weighted by atomic mass is 16.5. The summed E-state index contributed by atoms with van der Waals surface area (Å²) in [5.74, 6) is -0.594. The molecule has 0 saturated heterocycles. The molecule has 0 aliphatic heterocycles. The molecule has 0 unspecified atom stereocenters. The highest BCUT2D eigenvalue weighted by Crippen LogP contribution is 2.10. The van der Waals surface area contributed by atoms with Crippen LogP contribution in [0.15, 0.2) is 33.6 Å². The minimum absolute atomic E-state index is 0.174. The van der Waals surface area contributed by atoms with Gasteiger partial charge in [-0.2, -0.15) is 0 Å². The second kappa shape index (κ2) is 4.63. The van der Waals surface area contributed by atoms with Crippen molar-refractivity contribution in [1.29, 1.82) is 0 Å². The van der Waals surface area contributed by atoms with Crippen LogP contribution in [0.3, 0.4) is 0 Å². The first-order chi connectivity index (χ1) is 7.77. The largest absolute Gasteiger partial charge is 0.478 e. The monoisotopic (exact) mass is 222 g/mol. The van der Waals surface area contributed by atoms with Crippen molar-refractivity contribution in [2.24, 2.45) is 0 Å². The highest BCUT2D eigenvalue weighted by Gasteiger charge is 2.12. The van der Waals surface area contributed by atoms with Crippen LogP contribution >= 0.6 is 0 Å². The molecular formula is C10H10N2O4. The van der Waals surface area contributed by atoms with E-state index in [0.29, 0.717) is 18.8 Å². The summed E-state index contributed by atoms with van der Waals surface area (Å²) in [4.78, 5) is 10.8. The number of furan rings is 1. The van der Waals surface area contributed by atoms with Gasteiger partial charge in [-0.05, 0) is 6.07 Å². The van der Waals surface area contributed by atoms with Crippen LogP contribution in [0.25, 0.3) is 0 Å². The summed E-state index contributed by atoms with van der Waals surface area (Å²) in [6.45, 7) is 0.831. The number of carboxylic acid groups (broad SMARTS) is 1. The van der Waals surface area contributed by atoms with Crippen LogP contribution in [0.5, 0.6) is 0 Å². The Kier molecular flexibility index (Phi) is 3.02. The lowest BCUT2D eigenvalue weighted by Crippen LogP contribution is -2.14. The van der Waals surface area contributed by atoms with Crippen LogP contribution in [0.4, 0.5) is 0 Å². The molecule has 2 aromatic heterocycles. The lowest BCUT2D eigenvalue weighted by molar-refractivity contribution is 0.0694. The molecule has 0 spiro atoms. The average Bonchev–Trinajstić information content (AvgIpc) is 2.87. The maximum atomic E-state index is 10.8. The van der Waals surface area contributed by atoms with Gasteiger partial charge in [0.2, 0.25) is 0 Å². The Morgan fingerprint density at radius 2 is 2.25 bits per heavy atom. The Hall–Kier alpha value is -2.08. The first-order valence-electron chi connectivity index (χ1n) is 4.67. The van der Waals surface area contributed by atoms with Gasteiger partial charge in [0, 0.05) is 12.6 Å². The molecule has 0 fully saturated rings. The van der Waals surface area contributed by atoms with E-state index in [1.54, 1.807) is 6.07 Å². The average molecular weight is 222 g/mol. The number of aromatic carboxylic acids is 1. The lowest BCUT2D eigenvalue weighted by Gasteiger charge is -2.00. The Bertz CT molecular complexity index is 461. The third kappa shape index (κ3) is 2.29. The van der Waals surface area contributed by atoms with Crippen molar-refractivity contribution >= 4 is 5.97 Å². The fourth-order valence-electron chi connectivity index (χ4n) is 1.30. The predicted octanol–water partition coefficient (Wildman–Crippen LogP) is 1.26. The van der Waals surface area contributed by atoms with E-state index in [-0.39, 0.29) is 5.56 Å². The van der Waals surface area contributed by atoms with Crippen LogP contribution in [-0.4, -0.2) is 16.2 Å². The number of nitrogens with zero attached hydrogens (tertiary/aromatic N) is 1. The standard InChI is InChI=1S/C10H10N2O4/c13-10(14)8-2-3-15-9(8)6-11-5-7-1-4-16-12-7/h1-4,11H,5-6H2,(H,13,14). The molecule has 0 amide bonds. The van der Waals surface area contributed by atoms with E-state index in [1.807, 2.05) is 0 Å². The molecule has 2 heterocycles. The second-order valence-electron chi connectivity index (χ2n) is 3.16. The molecule has 0 aromatic carbocycles. The van der Waals surface area contributed by atoms with Gasteiger partial charge in [0.1, 0.15) is 17.6 Å². The van der Waals surface area contributed by atoms with Gasteiger partial charge in [-0.1, -0.05) is 5.16 Å². The summed E-state index contributed by atoms with van der Waals surface area (Å²) >= 11 is 0. The summed E-state index contributed by atoms with van der Waals surface area (Å²) < 4.78 is 9.71. The lowest BCUT2D eigenvalue weighted by atomic mass is 10.2. The second-order valence-corrected chi connectivity index (χ2v) is 3.16. The van der Waals surface area contributed by atoms with E-state index in [0.717, 1.165) is 5.69 Å². The molecule has 6 nitrogen and oxygen atoms in total. The number of carboxylic acids is 1. The topological polar surface area (TPSA) is 88.5 Å². The Morgan fingerprint density at radius 1 is 1.38 bits per heavy atom. The molecular weight excluding hydrogens is 212 g/mol. The molecule has 0 aliphatic rings. The van der Waals surface area contributed by atoms with E-state index < -0.39 is 5.97 Å². The molecule has 2 N–H and O–H groups in total. The summed E-state index contributed by atoms with van der Waals surface area (Å²) in [7, 11) is 0. The van der Waals surface area contributed by atoms with Gasteiger partial charge in [0.25, 0.3) is 0 Å². The number of hydrogen-bond donors (Lipinski definition) is 2. The molecule has 2 rings (SSSR count). The van der Waals surface area contributed by atoms with Crippen molar-refractivity contribution in [2.75, 3.05) is 0 Å². The Balaban J connectivity index is 1.90. The summed E-state index contributed by atoms with van der Waals surface area (Å²) in [5.41, 5.74) is 0.927. The van der Waals surface area contributed by atoms with Crippen molar-refractivity contribution < 1.29 is 18.8 Å². The van der Waals surface area contributed by atoms with Crippen molar-refractivity contribution in [3.05, 3.63) is 41.7 Å². The maximum absolute atomic E-state index is 10.8. The minimum atomic E-state index is -0.994. The quantitative estimate of drug-likeness (QED) is 0.791. The van der Waals surface area contributed by atoms with E-state index >= 15 is 0 Å². The van der Waals surface area contributed by atoms with Crippen LogP contribution in [0.1, 0.15) is 21.8 Å². The Labute approximate surface area is 90.8 Å². The van der Waals surface area contributed by atoms with Crippen LogP contribution in [0, 0.1) is 0 Å². The molecule has 0 atom stereocenters. The SMILES string of the molecule is O=C(O)c1ccoc1CNCc1ccon1. The van der Waals surface area contributed by atoms with E-state index in [1.165, 1.54) is 18.6 Å². The number of hydrogen-bond acceptors (Lipinski definition) is 5. The molecule has 0 bridgehead atoms. The van der Waals surface area contributed by atoms with E-state index in [4.69, 9.17) is 9.52 Å². The number of nitrogens with one attached hydrogen (secondary N) is 1. The molecule has 84 valence electrons. The number of aromatic nitrogens is 1. The van der Waals surface area contributed by atoms with Crippen molar-refractivity contribution in [2.45, 2.75) is 13.1 Å². The Morgan fingerprint density at radius 3 is 2.94 bits per heavy atom. The van der Waals surface area contributed by atoms with Crippen LogP contribution < -0.4 is 5.32 Å². The van der Waals surface area contributed by atoms with Gasteiger partial charge in [-0.3, -0.25) is 0 Å². The molecule has 2 aromatic rings. The number of carbonyl (C=O) groups is 1. The van der Waals surface area contributed by atoms with Crippen molar-refractivity contribution in [3.63, 3.8) is 0 Å². The van der Waals surface area contributed by atoms with Gasteiger partial charge < -0.3 is 19.4 Å².